The lowest BCUT2D eigenvalue weighted by Crippen LogP contribution is -2.28. The number of aromatic nitrogens is 5. The van der Waals surface area contributed by atoms with E-state index >= 15 is 8.78 Å². The van der Waals surface area contributed by atoms with Crippen molar-refractivity contribution >= 4 is 22.7 Å². The average Bonchev–Trinajstić information content (AvgIpc) is 3.46. The Labute approximate surface area is 216 Å². The maximum atomic E-state index is 15.6. The van der Waals surface area contributed by atoms with Gasteiger partial charge in [0.05, 0.1) is 18.8 Å². The van der Waals surface area contributed by atoms with Crippen LogP contribution in [0.4, 0.5) is 42.2 Å². The number of nitrogens with zero attached hydrogens (tertiary/aromatic N) is 8. The first kappa shape index (κ1) is 26.4. The van der Waals surface area contributed by atoms with Crippen molar-refractivity contribution < 1.29 is 30.7 Å². The van der Waals surface area contributed by atoms with E-state index < -0.39 is 42.5 Å². The molecule has 8 nitrogen and oxygen atoms in total. The van der Waals surface area contributed by atoms with Crippen molar-refractivity contribution in [3.05, 3.63) is 71.0 Å². The van der Waals surface area contributed by atoms with Crippen LogP contribution in [0.15, 0.2) is 58.8 Å². The third-order valence-corrected chi connectivity index (χ3v) is 6.20. The van der Waals surface area contributed by atoms with Crippen LogP contribution in [0.5, 0.6) is 0 Å². The molecular formula is C24H19F7N8. The van der Waals surface area contributed by atoms with Gasteiger partial charge in [0.25, 0.3) is 5.92 Å². The fourth-order valence-electron chi connectivity index (χ4n) is 4.25. The smallest absolute Gasteiger partial charge is 0.348 e. The van der Waals surface area contributed by atoms with Crippen LogP contribution >= 0.6 is 0 Å². The summed E-state index contributed by atoms with van der Waals surface area (Å²) in [5.74, 6) is -7.97. The Morgan fingerprint density at radius 2 is 1.72 bits per heavy atom. The minimum atomic E-state index is -4.90. The molecule has 0 atom stereocenters. The fraction of sp³-hybridized carbons (Fsp3) is 0.333. The Morgan fingerprint density at radius 3 is 2.38 bits per heavy atom. The number of alkyl halides is 7. The number of aryl methyl sites for hydroxylation is 1. The van der Waals surface area contributed by atoms with Crippen molar-refractivity contribution in [2.24, 2.45) is 10.2 Å². The Kier molecular flexibility index (Phi) is 6.47. The summed E-state index contributed by atoms with van der Waals surface area (Å²) in [6, 6.07) is 11.1. The summed E-state index contributed by atoms with van der Waals surface area (Å²) in [7, 11) is 0. The van der Waals surface area contributed by atoms with Crippen molar-refractivity contribution in [1.82, 2.24) is 25.0 Å². The number of rotatable bonds is 6. The lowest BCUT2D eigenvalue weighted by Gasteiger charge is -2.21. The summed E-state index contributed by atoms with van der Waals surface area (Å²) < 4.78 is 98.3. The molecule has 1 aliphatic rings. The molecule has 1 saturated heterocycles. The lowest BCUT2D eigenvalue weighted by atomic mass is 10.1. The van der Waals surface area contributed by atoms with E-state index in [9.17, 15) is 22.0 Å². The molecule has 0 unspecified atom stereocenters. The summed E-state index contributed by atoms with van der Waals surface area (Å²) >= 11 is 0. The van der Waals surface area contributed by atoms with E-state index in [0.29, 0.717) is 5.56 Å². The van der Waals surface area contributed by atoms with E-state index in [2.05, 4.69) is 30.5 Å². The molecule has 2 aromatic heterocycles. The van der Waals surface area contributed by atoms with Gasteiger partial charge in [-0.1, -0.05) is 52.8 Å². The molecule has 39 heavy (non-hydrogen) atoms. The minimum Gasteiger partial charge on any atom is -0.348 e. The predicted octanol–water partition coefficient (Wildman–Crippen LogP) is 6.17. The topological polar surface area (TPSA) is 84.5 Å². The van der Waals surface area contributed by atoms with Gasteiger partial charge in [0.1, 0.15) is 0 Å². The molecule has 4 aromatic rings. The van der Waals surface area contributed by atoms with Gasteiger partial charge in [-0.2, -0.15) is 8.78 Å². The van der Waals surface area contributed by atoms with Crippen LogP contribution in [0.1, 0.15) is 28.9 Å². The van der Waals surface area contributed by atoms with E-state index in [1.807, 2.05) is 0 Å². The summed E-state index contributed by atoms with van der Waals surface area (Å²) in [4.78, 5) is 9.13. The highest BCUT2D eigenvalue weighted by Gasteiger charge is 2.43. The number of benzene rings is 2. The summed E-state index contributed by atoms with van der Waals surface area (Å²) in [5.41, 5.74) is -0.0913. The summed E-state index contributed by atoms with van der Waals surface area (Å²) in [6.45, 7) is 0.422. The van der Waals surface area contributed by atoms with Crippen LogP contribution in [0.3, 0.4) is 0 Å². The van der Waals surface area contributed by atoms with Gasteiger partial charge in [-0.05, 0) is 18.6 Å². The van der Waals surface area contributed by atoms with Gasteiger partial charge in [0.15, 0.2) is 17.0 Å². The molecule has 2 aromatic carbocycles. The zero-order valence-corrected chi connectivity index (χ0v) is 20.2. The van der Waals surface area contributed by atoms with Gasteiger partial charge in [-0.3, -0.25) is 0 Å². The van der Waals surface area contributed by atoms with Crippen molar-refractivity contribution in [3.63, 3.8) is 0 Å². The molecule has 0 bridgehead atoms. The normalized spacial score (nSPS) is 16.1. The molecule has 1 fully saturated rings. The van der Waals surface area contributed by atoms with E-state index in [0.717, 1.165) is 9.58 Å². The number of hydrogen-bond donors (Lipinski definition) is 0. The zero-order chi connectivity index (χ0) is 28.0. The first-order valence-corrected chi connectivity index (χ1v) is 11.6. The molecule has 5 rings (SSSR count). The molecule has 15 heteroatoms. The van der Waals surface area contributed by atoms with Crippen LogP contribution < -0.4 is 4.90 Å². The first-order valence-electron chi connectivity index (χ1n) is 11.6. The Balaban J connectivity index is 1.65. The van der Waals surface area contributed by atoms with Crippen molar-refractivity contribution in [2.75, 3.05) is 18.0 Å². The highest BCUT2D eigenvalue weighted by Crippen LogP contribution is 2.38. The molecule has 204 valence electrons. The van der Waals surface area contributed by atoms with Gasteiger partial charge in [-0.15, -0.1) is 23.4 Å². The summed E-state index contributed by atoms with van der Waals surface area (Å²) in [6.07, 6.45) is -5.41. The zero-order valence-electron chi connectivity index (χ0n) is 20.2. The molecule has 0 aliphatic carbocycles. The van der Waals surface area contributed by atoms with E-state index in [4.69, 9.17) is 0 Å². The van der Waals surface area contributed by atoms with Crippen LogP contribution in [-0.4, -0.2) is 50.3 Å². The van der Waals surface area contributed by atoms with Crippen molar-refractivity contribution in [3.8, 4) is 0 Å². The molecule has 3 heterocycles. The van der Waals surface area contributed by atoms with Gasteiger partial charge < -0.3 is 4.90 Å². The lowest BCUT2D eigenvalue weighted by molar-refractivity contribution is -0.125. The van der Waals surface area contributed by atoms with Gasteiger partial charge in [0, 0.05) is 24.1 Å². The van der Waals surface area contributed by atoms with E-state index in [1.165, 1.54) is 36.4 Å². The predicted molar refractivity (Wildman–Crippen MR) is 125 cm³/mol. The Hall–Kier alpha value is -4.17. The SMILES string of the molecule is Cc1cccc(N=NC(F)(F)F)c1Cn1nnc2c(N3CCC(F)(F)C3)nc(C(F)(F)c3ccccc3)nc21. The number of halogens is 7. The van der Waals surface area contributed by atoms with Crippen LogP contribution in [-0.2, 0) is 12.5 Å². The molecular weight excluding hydrogens is 533 g/mol. The summed E-state index contributed by atoms with van der Waals surface area (Å²) in [5, 5.41) is 13.6. The van der Waals surface area contributed by atoms with Gasteiger partial charge in [-0.25, -0.2) is 23.4 Å². The monoisotopic (exact) mass is 552 g/mol. The largest absolute Gasteiger partial charge is 0.521 e. The second-order valence-corrected chi connectivity index (χ2v) is 9.00. The molecule has 0 amide bonds. The number of anilines is 1. The highest BCUT2D eigenvalue weighted by atomic mass is 19.4. The Bertz CT molecular complexity index is 1530. The van der Waals surface area contributed by atoms with Crippen LogP contribution in [0.25, 0.3) is 11.2 Å². The fourth-order valence-corrected chi connectivity index (χ4v) is 4.25. The number of azo groups is 1. The quantitative estimate of drug-likeness (QED) is 0.162. The number of fused-ring (bicyclic) bond motifs is 1. The molecule has 1 aliphatic heterocycles. The van der Waals surface area contributed by atoms with Crippen LogP contribution in [0.2, 0.25) is 0 Å². The molecule has 0 N–H and O–H groups in total. The number of hydrogen-bond acceptors (Lipinski definition) is 7. The van der Waals surface area contributed by atoms with E-state index in [-0.39, 0.29) is 41.3 Å². The molecule has 0 spiro atoms. The third-order valence-electron chi connectivity index (χ3n) is 6.20. The van der Waals surface area contributed by atoms with Gasteiger partial charge in [0.2, 0.25) is 5.82 Å². The second-order valence-electron chi connectivity index (χ2n) is 9.00. The maximum absolute atomic E-state index is 15.6. The van der Waals surface area contributed by atoms with Crippen molar-refractivity contribution in [1.29, 1.82) is 0 Å². The highest BCUT2D eigenvalue weighted by molar-refractivity contribution is 5.83. The average molecular weight is 552 g/mol. The van der Waals surface area contributed by atoms with Crippen LogP contribution in [0, 0.1) is 6.92 Å². The van der Waals surface area contributed by atoms with Gasteiger partial charge >= 0.3 is 12.2 Å². The molecule has 0 radical (unpaired) electrons. The first-order chi connectivity index (χ1) is 18.3. The van der Waals surface area contributed by atoms with E-state index in [1.54, 1.807) is 19.1 Å². The standard InChI is InChI=1S/C24H19F7N8/c1-14-6-5-9-17(34-36-24(29,30)31)16(14)12-39-20-18(35-37-39)19(38-11-10-22(25,26)13-38)32-21(33-20)23(27,28)15-7-3-2-4-8-15/h2-9H,10-13H2,1H3. The van der Waals surface area contributed by atoms with Crippen molar-refractivity contribution in [2.45, 2.75) is 38.0 Å². The molecule has 0 saturated carbocycles. The third kappa shape index (κ3) is 5.38. The second kappa shape index (κ2) is 9.54. The Morgan fingerprint density at radius 1 is 0.974 bits per heavy atom. The minimum absolute atomic E-state index is 0.104. The maximum Gasteiger partial charge on any atom is 0.521 e.